The van der Waals surface area contributed by atoms with Crippen molar-refractivity contribution < 1.29 is 9.53 Å². The molecule has 1 aromatic carbocycles. The first kappa shape index (κ1) is 9.83. The van der Waals surface area contributed by atoms with Gasteiger partial charge in [-0.05, 0) is 12.1 Å². The molecule has 4 heteroatoms. The van der Waals surface area contributed by atoms with Crippen molar-refractivity contribution >= 4 is 11.8 Å². The van der Waals surface area contributed by atoms with E-state index in [0.717, 1.165) is 5.69 Å². The zero-order valence-corrected chi connectivity index (χ0v) is 8.64. The lowest BCUT2D eigenvalue weighted by molar-refractivity contribution is 0.143. The Bertz CT molecular complexity index is 340. The van der Waals surface area contributed by atoms with Gasteiger partial charge in [0.15, 0.2) is 0 Å². The molecule has 80 valence electrons. The number of alkyl carbamates (subject to hydrolysis) is 1. The van der Waals surface area contributed by atoms with E-state index in [-0.39, 0.29) is 12.2 Å². The summed E-state index contributed by atoms with van der Waals surface area (Å²) < 4.78 is 5.06. The third-order valence-corrected chi connectivity index (χ3v) is 2.42. The van der Waals surface area contributed by atoms with E-state index in [4.69, 9.17) is 4.74 Å². The maximum absolute atomic E-state index is 10.8. The zero-order valence-electron chi connectivity index (χ0n) is 8.64. The van der Waals surface area contributed by atoms with Crippen molar-refractivity contribution in [2.75, 3.05) is 25.0 Å². The summed E-state index contributed by atoms with van der Waals surface area (Å²) in [6.45, 7) is 1.30. The quantitative estimate of drug-likeness (QED) is 0.808. The Morgan fingerprint density at radius 3 is 2.80 bits per heavy atom. The molecule has 0 spiro atoms. The molecule has 1 N–H and O–H groups in total. The van der Waals surface area contributed by atoms with Gasteiger partial charge in [0.2, 0.25) is 0 Å². The number of para-hydroxylation sites is 1. The summed E-state index contributed by atoms with van der Waals surface area (Å²) >= 11 is 0. The van der Waals surface area contributed by atoms with Crippen LogP contribution in [0.15, 0.2) is 30.3 Å². The lowest BCUT2D eigenvalue weighted by Crippen LogP contribution is -2.31. The van der Waals surface area contributed by atoms with Crippen molar-refractivity contribution in [3.8, 4) is 0 Å². The summed E-state index contributed by atoms with van der Waals surface area (Å²) in [6.07, 6.45) is -0.371. The molecule has 1 heterocycles. The Hall–Kier alpha value is -1.71. The first-order chi connectivity index (χ1) is 7.25. The van der Waals surface area contributed by atoms with Gasteiger partial charge in [-0.3, -0.25) is 0 Å². The highest BCUT2D eigenvalue weighted by atomic mass is 16.6. The molecule has 1 aliphatic rings. The fraction of sp³-hybridized carbons (Fsp3) is 0.364. The number of hydrogen-bond acceptors (Lipinski definition) is 3. The molecule has 1 aromatic rings. The molecule has 0 saturated carbocycles. The molecule has 0 bridgehead atoms. The summed E-state index contributed by atoms with van der Waals surface area (Å²) in [5.41, 5.74) is 1.13. The van der Waals surface area contributed by atoms with Gasteiger partial charge in [-0.15, -0.1) is 0 Å². The number of benzene rings is 1. The predicted octanol–water partition coefficient (Wildman–Crippen LogP) is 1.23. The minimum absolute atomic E-state index is 0.0530. The molecule has 1 saturated heterocycles. The van der Waals surface area contributed by atoms with E-state index in [1.165, 1.54) is 0 Å². The van der Waals surface area contributed by atoms with E-state index in [2.05, 4.69) is 10.2 Å². The molecule has 15 heavy (non-hydrogen) atoms. The Balaban J connectivity index is 1.92. The predicted molar refractivity (Wildman–Crippen MR) is 58.0 cm³/mol. The van der Waals surface area contributed by atoms with Gasteiger partial charge >= 0.3 is 6.09 Å². The highest BCUT2D eigenvalue weighted by Gasteiger charge is 2.23. The van der Waals surface area contributed by atoms with Gasteiger partial charge in [0.25, 0.3) is 0 Å². The lowest BCUT2D eigenvalue weighted by Gasteiger charge is -2.21. The van der Waals surface area contributed by atoms with E-state index in [1.807, 2.05) is 37.4 Å². The molecule has 0 aliphatic carbocycles. The minimum Gasteiger partial charge on any atom is -0.442 e. The molecular formula is C11H14N2O2. The molecule has 1 atom stereocenters. The Kier molecular flexibility index (Phi) is 2.76. The summed E-state index contributed by atoms with van der Waals surface area (Å²) in [6, 6.07) is 10.0. The number of hydrogen-bond donors (Lipinski definition) is 1. The van der Waals surface area contributed by atoms with Crippen LogP contribution < -0.4 is 10.2 Å². The Morgan fingerprint density at radius 1 is 1.47 bits per heavy atom. The number of carbonyl (C=O) groups is 1. The Labute approximate surface area is 88.8 Å². The first-order valence-corrected chi connectivity index (χ1v) is 4.96. The van der Waals surface area contributed by atoms with Gasteiger partial charge in [-0.25, -0.2) is 4.79 Å². The molecule has 0 radical (unpaired) electrons. The van der Waals surface area contributed by atoms with Gasteiger partial charge in [-0.1, -0.05) is 18.2 Å². The molecule has 2 rings (SSSR count). The van der Waals surface area contributed by atoms with Gasteiger partial charge in [0.05, 0.1) is 13.1 Å². The van der Waals surface area contributed by atoms with E-state index in [9.17, 15) is 4.79 Å². The van der Waals surface area contributed by atoms with Crippen molar-refractivity contribution in [1.29, 1.82) is 0 Å². The molecule has 1 aliphatic heterocycles. The average Bonchev–Trinajstić information content (AvgIpc) is 2.65. The third kappa shape index (κ3) is 2.40. The molecule has 1 fully saturated rings. The van der Waals surface area contributed by atoms with Crippen LogP contribution in [-0.2, 0) is 4.74 Å². The van der Waals surface area contributed by atoms with E-state index in [1.54, 1.807) is 0 Å². The largest absolute Gasteiger partial charge is 0.442 e. The number of rotatable bonds is 3. The second kappa shape index (κ2) is 4.21. The zero-order chi connectivity index (χ0) is 10.7. The second-order valence-corrected chi connectivity index (χ2v) is 3.62. The van der Waals surface area contributed by atoms with Crippen LogP contribution >= 0.6 is 0 Å². The van der Waals surface area contributed by atoms with Gasteiger partial charge in [-0.2, -0.15) is 0 Å². The summed E-state index contributed by atoms with van der Waals surface area (Å²) in [5.74, 6) is 0. The summed E-state index contributed by atoms with van der Waals surface area (Å²) in [5, 5.41) is 2.64. The number of carbonyl (C=O) groups excluding carboxylic acids is 1. The fourth-order valence-electron chi connectivity index (χ4n) is 1.63. The van der Waals surface area contributed by atoms with E-state index < -0.39 is 0 Å². The molecular weight excluding hydrogens is 192 g/mol. The van der Waals surface area contributed by atoms with Crippen molar-refractivity contribution in [2.45, 2.75) is 6.10 Å². The standard InChI is InChI=1S/C11H14N2O2/c1-13(9-5-3-2-4-6-9)8-10-7-12-11(14)15-10/h2-6,10H,7-8H2,1H3,(H,12,14). The summed E-state index contributed by atoms with van der Waals surface area (Å²) in [4.78, 5) is 12.9. The van der Waals surface area contributed by atoms with Crippen LogP contribution in [0.2, 0.25) is 0 Å². The highest BCUT2D eigenvalue weighted by molar-refractivity contribution is 5.69. The third-order valence-electron chi connectivity index (χ3n) is 2.42. The van der Waals surface area contributed by atoms with Gasteiger partial charge < -0.3 is 15.0 Å². The topological polar surface area (TPSA) is 41.6 Å². The summed E-state index contributed by atoms with van der Waals surface area (Å²) in [7, 11) is 1.99. The smallest absolute Gasteiger partial charge is 0.407 e. The molecule has 4 nitrogen and oxygen atoms in total. The number of nitrogens with zero attached hydrogens (tertiary/aromatic N) is 1. The van der Waals surface area contributed by atoms with Crippen LogP contribution in [0.1, 0.15) is 0 Å². The first-order valence-electron chi connectivity index (χ1n) is 4.96. The number of amides is 1. The molecule has 1 amide bonds. The van der Waals surface area contributed by atoms with Crippen LogP contribution in [0.25, 0.3) is 0 Å². The number of anilines is 1. The lowest BCUT2D eigenvalue weighted by atomic mass is 10.2. The van der Waals surface area contributed by atoms with Crippen LogP contribution in [0, 0.1) is 0 Å². The second-order valence-electron chi connectivity index (χ2n) is 3.62. The molecule has 0 aromatic heterocycles. The minimum atomic E-state index is -0.318. The number of ether oxygens (including phenoxy) is 1. The Morgan fingerprint density at radius 2 is 2.20 bits per heavy atom. The number of cyclic esters (lactones) is 1. The van der Waals surface area contributed by atoms with Gasteiger partial charge in [0, 0.05) is 12.7 Å². The van der Waals surface area contributed by atoms with Crippen LogP contribution in [-0.4, -0.2) is 32.3 Å². The van der Waals surface area contributed by atoms with E-state index in [0.29, 0.717) is 13.1 Å². The van der Waals surface area contributed by atoms with Crippen molar-refractivity contribution in [3.63, 3.8) is 0 Å². The van der Waals surface area contributed by atoms with Crippen LogP contribution in [0.5, 0.6) is 0 Å². The fourth-order valence-corrected chi connectivity index (χ4v) is 1.63. The highest BCUT2D eigenvalue weighted by Crippen LogP contribution is 2.12. The van der Waals surface area contributed by atoms with E-state index >= 15 is 0 Å². The van der Waals surface area contributed by atoms with Crippen molar-refractivity contribution in [1.82, 2.24) is 5.32 Å². The average molecular weight is 206 g/mol. The van der Waals surface area contributed by atoms with Crippen LogP contribution in [0.4, 0.5) is 10.5 Å². The maximum Gasteiger partial charge on any atom is 0.407 e. The maximum atomic E-state index is 10.8. The van der Waals surface area contributed by atoms with Crippen LogP contribution in [0.3, 0.4) is 0 Å². The SMILES string of the molecule is CN(CC1CNC(=O)O1)c1ccccc1. The number of nitrogens with one attached hydrogen (secondary N) is 1. The monoisotopic (exact) mass is 206 g/mol. The van der Waals surface area contributed by atoms with Gasteiger partial charge in [0.1, 0.15) is 6.10 Å². The number of likely N-dealkylation sites (N-methyl/N-ethyl adjacent to an activating group) is 1. The van der Waals surface area contributed by atoms with Crippen molar-refractivity contribution in [2.24, 2.45) is 0 Å². The normalized spacial score (nSPS) is 19.5. The molecule has 1 unspecified atom stereocenters. The van der Waals surface area contributed by atoms with Crippen molar-refractivity contribution in [3.05, 3.63) is 30.3 Å².